The third-order valence-corrected chi connectivity index (χ3v) is 14.2. The first-order chi connectivity index (χ1) is 25.0. The Labute approximate surface area is 318 Å². The molecule has 0 aromatic carbocycles. The molecule has 52 heavy (non-hydrogen) atoms. The number of hydrogen-bond acceptors (Lipinski definition) is 3. The fraction of sp³-hybridized carbons (Fsp3) is 0.708. The van der Waals surface area contributed by atoms with Gasteiger partial charge in [-0.1, -0.05) is 100 Å². The van der Waals surface area contributed by atoms with Gasteiger partial charge in [-0.2, -0.15) is 0 Å². The van der Waals surface area contributed by atoms with Gasteiger partial charge in [0.15, 0.2) is 0 Å². The van der Waals surface area contributed by atoms with Crippen LogP contribution >= 0.6 is 0 Å². The van der Waals surface area contributed by atoms with Gasteiger partial charge in [-0.05, 0) is 163 Å². The van der Waals surface area contributed by atoms with Crippen LogP contribution in [0, 0.1) is 46.3 Å². The van der Waals surface area contributed by atoms with Crippen molar-refractivity contribution in [2.45, 2.75) is 169 Å². The summed E-state index contributed by atoms with van der Waals surface area (Å²) in [6.45, 7) is 13.5. The van der Waals surface area contributed by atoms with Crippen molar-refractivity contribution in [2.24, 2.45) is 46.3 Å². The molecular formula is C48H75NO3. The summed E-state index contributed by atoms with van der Waals surface area (Å²) >= 11 is 0. The second kappa shape index (κ2) is 20.8. The van der Waals surface area contributed by atoms with E-state index in [1.807, 2.05) is 0 Å². The Morgan fingerprint density at radius 2 is 1.40 bits per heavy atom. The molecule has 1 amide bonds. The van der Waals surface area contributed by atoms with E-state index >= 15 is 0 Å². The quantitative estimate of drug-likeness (QED) is 0.131. The number of ketones is 1. The lowest BCUT2D eigenvalue weighted by molar-refractivity contribution is -0.167. The zero-order chi connectivity index (χ0) is 37.6. The third kappa shape index (κ3) is 11.5. The van der Waals surface area contributed by atoms with Gasteiger partial charge in [-0.15, -0.1) is 0 Å². The average molecular weight is 714 g/mol. The zero-order valence-corrected chi connectivity index (χ0v) is 34.0. The van der Waals surface area contributed by atoms with E-state index in [0.717, 1.165) is 77.0 Å². The number of allylic oxidation sites excluding steroid dienone is 12. The van der Waals surface area contributed by atoms with E-state index in [1.165, 1.54) is 31.3 Å². The van der Waals surface area contributed by atoms with Crippen LogP contribution < -0.4 is 5.32 Å². The van der Waals surface area contributed by atoms with Crippen LogP contribution in [0.25, 0.3) is 0 Å². The van der Waals surface area contributed by atoms with Crippen LogP contribution in [0.15, 0.2) is 72.4 Å². The summed E-state index contributed by atoms with van der Waals surface area (Å²) < 4.78 is 0. The van der Waals surface area contributed by atoms with E-state index in [2.05, 4.69) is 107 Å². The second-order valence-corrected chi connectivity index (χ2v) is 17.8. The first kappa shape index (κ1) is 42.3. The highest BCUT2D eigenvalue weighted by Crippen LogP contribution is 2.68. The minimum absolute atomic E-state index is 0.169. The van der Waals surface area contributed by atoms with Gasteiger partial charge in [0.05, 0.1) is 6.10 Å². The number of aliphatic hydroxyl groups is 1. The predicted octanol–water partition coefficient (Wildman–Crippen LogP) is 12.0. The van der Waals surface area contributed by atoms with Crippen LogP contribution in [0.1, 0.15) is 157 Å². The lowest BCUT2D eigenvalue weighted by Gasteiger charge is -2.62. The number of hydrogen-bond donors (Lipinski definition) is 2. The normalized spacial score (nSPS) is 34.4. The van der Waals surface area contributed by atoms with E-state index in [4.69, 9.17) is 0 Å². The Bertz CT molecular complexity index is 1320. The molecule has 0 aliphatic heterocycles. The first-order valence-electron chi connectivity index (χ1n) is 21.4. The maximum atomic E-state index is 13.0. The molecule has 10 atom stereocenters. The molecule has 4 aliphatic rings. The molecule has 290 valence electrons. The predicted molar refractivity (Wildman–Crippen MR) is 220 cm³/mol. The van der Waals surface area contributed by atoms with Gasteiger partial charge in [0.1, 0.15) is 5.78 Å². The van der Waals surface area contributed by atoms with Crippen molar-refractivity contribution < 1.29 is 14.7 Å². The van der Waals surface area contributed by atoms with Crippen molar-refractivity contribution in [1.82, 2.24) is 5.32 Å². The molecule has 4 aliphatic carbocycles. The Morgan fingerprint density at radius 1 is 0.769 bits per heavy atom. The number of rotatable bonds is 19. The Hall–Kier alpha value is -2.46. The molecular weight excluding hydrogens is 639 g/mol. The molecule has 4 nitrogen and oxygen atoms in total. The van der Waals surface area contributed by atoms with Gasteiger partial charge in [0, 0.05) is 18.9 Å². The Morgan fingerprint density at radius 3 is 2.10 bits per heavy atom. The zero-order valence-electron chi connectivity index (χ0n) is 34.0. The standard InChI is InChI=1S/C48H75NO3/c1-7-8-9-10-11-12-13-14-15-16-17-20-23-36(2)24-21-18-19-22-25-45(52)49-40-30-32-47(5)39(34-40)35-44(51)46-42-29-28-41(37(3)26-27-38(4)50)48(42,6)33-31-43(46)47/h8-9,11-12,14-15,17-20,24,37,39-44,46,51H,7,10,13,16,21-23,25-35H2,1-6H3,(H,49,52)/b9-8-,12-11-,15-14-,19-18-,20-17-,36-24-/t37-,39?,40-,41?,42?,43?,44+,46?,47+,48-/m1/s1. The molecule has 4 saturated carbocycles. The van der Waals surface area contributed by atoms with Gasteiger partial charge in [0.2, 0.25) is 5.91 Å². The van der Waals surface area contributed by atoms with Gasteiger partial charge in [-0.25, -0.2) is 0 Å². The molecule has 2 N–H and O–H groups in total. The van der Waals surface area contributed by atoms with E-state index in [0.29, 0.717) is 54.1 Å². The van der Waals surface area contributed by atoms with Gasteiger partial charge < -0.3 is 15.2 Å². The SMILES string of the molecule is CC/C=C\C/C=C\C/C=C\C/C=C\C/C(C)=C\C/C=C\CCC(=O)N[C@@H]1CC[C@@]2(C)C(C1)C[C@H](O)C1C2CC[C@@]2(C)C1CCC2[C@H](C)CCC(C)=O. The van der Waals surface area contributed by atoms with Gasteiger partial charge in [-0.3, -0.25) is 4.79 Å². The molecule has 0 radical (unpaired) electrons. The lowest BCUT2D eigenvalue weighted by Crippen LogP contribution is -2.59. The smallest absolute Gasteiger partial charge is 0.220 e. The summed E-state index contributed by atoms with van der Waals surface area (Å²) in [4.78, 5) is 24.7. The molecule has 0 spiro atoms. The van der Waals surface area contributed by atoms with E-state index < -0.39 is 0 Å². The molecule has 0 bridgehead atoms. The Balaban J connectivity index is 1.14. The molecule has 4 rings (SSSR count). The van der Waals surface area contributed by atoms with Crippen LogP contribution in [0.4, 0.5) is 0 Å². The highest BCUT2D eigenvalue weighted by atomic mass is 16.3. The maximum absolute atomic E-state index is 13.0. The van der Waals surface area contributed by atoms with Crippen molar-refractivity contribution in [3.63, 3.8) is 0 Å². The summed E-state index contributed by atoms with van der Waals surface area (Å²) in [6, 6.07) is 0.231. The topological polar surface area (TPSA) is 66.4 Å². The molecule has 0 aromatic rings. The number of carbonyl (C=O) groups excluding carboxylic acids is 2. The number of amides is 1. The van der Waals surface area contributed by atoms with Crippen molar-refractivity contribution in [3.05, 3.63) is 72.4 Å². The monoisotopic (exact) mass is 714 g/mol. The second-order valence-electron chi connectivity index (χ2n) is 17.8. The third-order valence-electron chi connectivity index (χ3n) is 14.2. The fourth-order valence-corrected chi connectivity index (χ4v) is 11.3. The minimum Gasteiger partial charge on any atom is -0.393 e. The summed E-state index contributed by atoms with van der Waals surface area (Å²) in [6.07, 6.45) is 42.4. The minimum atomic E-state index is -0.231. The molecule has 4 fully saturated rings. The Kier molecular flexibility index (Phi) is 17.0. The molecule has 0 heterocycles. The average Bonchev–Trinajstić information content (AvgIpc) is 3.47. The molecule has 0 aromatic heterocycles. The largest absolute Gasteiger partial charge is 0.393 e. The highest BCUT2D eigenvalue weighted by molar-refractivity contribution is 5.76. The van der Waals surface area contributed by atoms with Crippen LogP contribution in [0.2, 0.25) is 0 Å². The van der Waals surface area contributed by atoms with E-state index in [-0.39, 0.29) is 28.9 Å². The summed E-state index contributed by atoms with van der Waals surface area (Å²) in [5, 5.41) is 15.2. The molecule has 0 saturated heterocycles. The van der Waals surface area contributed by atoms with Crippen LogP contribution in [0.5, 0.6) is 0 Å². The summed E-state index contributed by atoms with van der Waals surface area (Å²) in [7, 11) is 0. The first-order valence-corrected chi connectivity index (χ1v) is 21.4. The van der Waals surface area contributed by atoms with Crippen molar-refractivity contribution >= 4 is 11.7 Å². The van der Waals surface area contributed by atoms with E-state index in [1.54, 1.807) is 6.92 Å². The highest BCUT2D eigenvalue weighted by Gasteiger charge is 2.62. The molecule has 4 heteroatoms. The lowest BCUT2D eigenvalue weighted by atomic mass is 9.43. The number of aliphatic hydroxyl groups excluding tert-OH is 1. The number of Topliss-reactive ketones (excluding diaryl/α,β-unsaturated/α-hetero) is 1. The number of fused-ring (bicyclic) bond motifs is 5. The van der Waals surface area contributed by atoms with Crippen molar-refractivity contribution in [2.75, 3.05) is 0 Å². The maximum Gasteiger partial charge on any atom is 0.220 e. The van der Waals surface area contributed by atoms with Crippen molar-refractivity contribution in [1.29, 1.82) is 0 Å². The van der Waals surface area contributed by atoms with Gasteiger partial charge in [0.25, 0.3) is 0 Å². The van der Waals surface area contributed by atoms with Gasteiger partial charge >= 0.3 is 0 Å². The van der Waals surface area contributed by atoms with E-state index in [9.17, 15) is 14.7 Å². The summed E-state index contributed by atoms with van der Waals surface area (Å²) in [5.74, 6) is 3.78. The van der Waals surface area contributed by atoms with Crippen LogP contribution in [-0.4, -0.2) is 28.9 Å². The van der Waals surface area contributed by atoms with Crippen molar-refractivity contribution in [3.8, 4) is 0 Å². The van der Waals surface area contributed by atoms with Crippen LogP contribution in [0.3, 0.4) is 0 Å². The fourth-order valence-electron chi connectivity index (χ4n) is 11.3. The van der Waals surface area contributed by atoms with Crippen LogP contribution in [-0.2, 0) is 9.59 Å². The summed E-state index contributed by atoms with van der Waals surface area (Å²) in [5.41, 5.74) is 1.92. The molecule has 5 unspecified atom stereocenters. The number of carbonyl (C=O) groups is 2. The number of nitrogens with one attached hydrogen (secondary N) is 1.